The molecule has 0 bridgehead atoms. The zero-order chi connectivity index (χ0) is 17.7. The number of rotatable bonds is 9. The molecule has 0 amide bonds. The molecule has 0 radical (unpaired) electrons. The molecule has 0 aliphatic carbocycles. The third-order valence-electron chi connectivity index (χ3n) is 4.08. The summed E-state index contributed by atoms with van der Waals surface area (Å²) in [4.78, 5) is 7.13. The van der Waals surface area contributed by atoms with Gasteiger partial charge in [0.15, 0.2) is 5.96 Å². The SMILES string of the molecule is CCNC(=NCc1cccc(CN2CCOCC2)c1)NCCCOC. The summed E-state index contributed by atoms with van der Waals surface area (Å²) in [6.45, 7) is 9.91. The molecule has 6 nitrogen and oxygen atoms in total. The molecule has 140 valence electrons. The number of morpholine rings is 1. The van der Waals surface area contributed by atoms with Crippen LogP contribution >= 0.6 is 0 Å². The molecule has 0 aromatic heterocycles. The Kier molecular flexibility index (Phi) is 9.33. The van der Waals surface area contributed by atoms with Crippen molar-refractivity contribution < 1.29 is 9.47 Å². The zero-order valence-electron chi connectivity index (χ0n) is 15.6. The van der Waals surface area contributed by atoms with Gasteiger partial charge < -0.3 is 20.1 Å². The van der Waals surface area contributed by atoms with E-state index in [0.717, 1.165) is 64.9 Å². The van der Waals surface area contributed by atoms with Gasteiger partial charge in [-0.25, -0.2) is 4.99 Å². The van der Waals surface area contributed by atoms with Crippen molar-refractivity contribution in [1.29, 1.82) is 0 Å². The zero-order valence-corrected chi connectivity index (χ0v) is 15.6. The molecule has 1 heterocycles. The minimum absolute atomic E-state index is 0.677. The second-order valence-electron chi connectivity index (χ2n) is 6.18. The molecule has 1 saturated heterocycles. The summed E-state index contributed by atoms with van der Waals surface area (Å²) in [6, 6.07) is 8.71. The third kappa shape index (κ3) is 7.86. The lowest BCUT2D eigenvalue weighted by molar-refractivity contribution is 0.0342. The average molecular weight is 348 g/mol. The van der Waals surface area contributed by atoms with Gasteiger partial charge in [-0.1, -0.05) is 24.3 Å². The van der Waals surface area contributed by atoms with E-state index in [2.05, 4.69) is 51.7 Å². The van der Waals surface area contributed by atoms with Crippen molar-refractivity contribution in [2.24, 2.45) is 4.99 Å². The average Bonchev–Trinajstić information content (AvgIpc) is 2.64. The van der Waals surface area contributed by atoms with Gasteiger partial charge in [-0.15, -0.1) is 0 Å². The van der Waals surface area contributed by atoms with Crippen molar-refractivity contribution >= 4 is 5.96 Å². The number of ether oxygens (including phenoxy) is 2. The monoisotopic (exact) mass is 348 g/mol. The molecule has 0 unspecified atom stereocenters. The third-order valence-corrected chi connectivity index (χ3v) is 4.08. The molecule has 1 aliphatic heterocycles. The lowest BCUT2D eigenvalue weighted by atomic mass is 10.1. The molecule has 1 aliphatic rings. The van der Waals surface area contributed by atoms with Crippen LogP contribution in [-0.4, -0.2) is 64.0 Å². The van der Waals surface area contributed by atoms with Crippen molar-refractivity contribution in [3.63, 3.8) is 0 Å². The van der Waals surface area contributed by atoms with Crippen molar-refractivity contribution in [3.8, 4) is 0 Å². The number of methoxy groups -OCH3 is 1. The Morgan fingerprint density at radius 1 is 1.24 bits per heavy atom. The number of nitrogens with zero attached hydrogens (tertiary/aromatic N) is 2. The molecule has 0 saturated carbocycles. The highest BCUT2D eigenvalue weighted by Crippen LogP contribution is 2.10. The van der Waals surface area contributed by atoms with E-state index >= 15 is 0 Å². The van der Waals surface area contributed by atoms with E-state index in [1.165, 1.54) is 11.1 Å². The van der Waals surface area contributed by atoms with Crippen molar-refractivity contribution in [1.82, 2.24) is 15.5 Å². The van der Waals surface area contributed by atoms with E-state index in [1.54, 1.807) is 7.11 Å². The molecule has 25 heavy (non-hydrogen) atoms. The van der Waals surface area contributed by atoms with E-state index in [9.17, 15) is 0 Å². The van der Waals surface area contributed by atoms with E-state index in [4.69, 9.17) is 9.47 Å². The highest BCUT2D eigenvalue weighted by molar-refractivity contribution is 5.79. The Labute approximate surface area is 151 Å². The second kappa shape index (κ2) is 11.8. The maximum atomic E-state index is 5.42. The summed E-state index contributed by atoms with van der Waals surface area (Å²) in [5, 5.41) is 6.63. The molecule has 0 atom stereocenters. The van der Waals surface area contributed by atoms with Gasteiger partial charge >= 0.3 is 0 Å². The van der Waals surface area contributed by atoms with E-state index in [-0.39, 0.29) is 0 Å². The predicted octanol–water partition coefficient (Wildman–Crippen LogP) is 1.61. The largest absolute Gasteiger partial charge is 0.385 e. The van der Waals surface area contributed by atoms with Crippen LogP contribution in [-0.2, 0) is 22.6 Å². The van der Waals surface area contributed by atoms with Gasteiger partial charge in [-0.3, -0.25) is 4.90 Å². The van der Waals surface area contributed by atoms with Crippen LogP contribution in [0.1, 0.15) is 24.5 Å². The van der Waals surface area contributed by atoms with E-state index in [1.807, 2.05) is 0 Å². The number of aliphatic imine (C=N–C) groups is 1. The quantitative estimate of drug-likeness (QED) is 0.403. The summed E-state index contributed by atoms with van der Waals surface area (Å²) < 4.78 is 10.5. The molecule has 0 spiro atoms. The van der Waals surface area contributed by atoms with Gasteiger partial charge in [0, 0.05) is 46.4 Å². The molecule has 1 aromatic carbocycles. The number of benzene rings is 1. The number of nitrogens with one attached hydrogen (secondary N) is 2. The van der Waals surface area contributed by atoms with Crippen LogP contribution in [0.15, 0.2) is 29.3 Å². The van der Waals surface area contributed by atoms with Crippen LogP contribution in [0.25, 0.3) is 0 Å². The number of guanidine groups is 1. The summed E-state index contributed by atoms with van der Waals surface area (Å²) in [6.07, 6.45) is 0.968. The molecular weight excluding hydrogens is 316 g/mol. The molecule has 2 rings (SSSR count). The molecule has 2 N–H and O–H groups in total. The van der Waals surface area contributed by atoms with E-state index in [0.29, 0.717) is 6.54 Å². The fourth-order valence-corrected chi connectivity index (χ4v) is 2.78. The first-order valence-electron chi connectivity index (χ1n) is 9.21. The summed E-state index contributed by atoms with van der Waals surface area (Å²) in [5.74, 6) is 0.859. The van der Waals surface area contributed by atoms with Crippen LogP contribution in [0.2, 0.25) is 0 Å². The van der Waals surface area contributed by atoms with Crippen LogP contribution in [0.5, 0.6) is 0 Å². The number of hydrogen-bond donors (Lipinski definition) is 2. The topological polar surface area (TPSA) is 58.1 Å². The summed E-state index contributed by atoms with van der Waals surface area (Å²) >= 11 is 0. The maximum Gasteiger partial charge on any atom is 0.191 e. The highest BCUT2D eigenvalue weighted by Gasteiger charge is 2.10. The van der Waals surface area contributed by atoms with Crippen LogP contribution in [0.3, 0.4) is 0 Å². The number of hydrogen-bond acceptors (Lipinski definition) is 4. The van der Waals surface area contributed by atoms with Crippen LogP contribution in [0.4, 0.5) is 0 Å². The van der Waals surface area contributed by atoms with Crippen molar-refractivity contribution in [2.45, 2.75) is 26.4 Å². The minimum atomic E-state index is 0.677. The molecule has 6 heteroatoms. The maximum absolute atomic E-state index is 5.42. The Morgan fingerprint density at radius 2 is 2.04 bits per heavy atom. The Bertz CT molecular complexity index is 516. The van der Waals surface area contributed by atoms with Crippen LogP contribution < -0.4 is 10.6 Å². The molecule has 1 fully saturated rings. The van der Waals surface area contributed by atoms with Gasteiger partial charge in [-0.05, 0) is 24.5 Å². The lowest BCUT2D eigenvalue weighted by Gasteiger charge is -2.26. The second-order valence-corrected chi connectivity index (χ2v) is 6.18. The van der Waals surface area contributed by atoms with Crippen LogP contribution in [0, 0.1) is 0 Å². The Balaban J connectivity index is 1.87. The predicted molar refractivity (Wildman–Crippen MR) is 102 cm³/mol. The lowest BCUT2D eigenvalue weighted by Crippen LogP contribution is -2.38. The fraction of sp³-hybridized carbons (Fsp3) is 0.632. The van der Waals surface area contributed by atoms with E-state index < -0.39 is 0 Å². The highest BCUT2D eigenvalue weighted by atomic mass is 16.5. The van der Waals surface area contributed by atoms with Crippen molar-refractivity contribution in [3.05, 3.63) is 35.4 Å². The standard InChI is InChI=1S/C19H32N4O2/c1-3-20-19(21-8-5-11-24-2)22-15-17-6-4-7-18(14-17)16-23-9-12-25-13-10-23/h4,6-7,14H,3,5,8-13,15-16H2,1-2H3,(H2,20,21,22). The van der Waals surface area contributed by atoms with Gasteiger partial charge in [0.1, 0.15) is 0 Å². The summed E-state index contributed by atoms with van der Waals surface area (Å²) in [5.41, 5.74) is 2.58. The van der Waals surface area contributed by atoms with Gasteiger partial charge in [-0.2, -0.15) is 0 Å². The molecule has 1 aromatic rings. The summed E-state index contributed by atoms with van der Waals surface area (Å²) in [7, 11) is 1.73. The normalized spacial score (nSPS) is 16.0. The van der Waals surface area contributed by atoms with Gasteiger partial charge in [0.05, 0.1) is 19.8 Å². The Morgan fingerprint density at radius 3 is 2.80 bits per heavy atom. The molecular formula is C19H32N4O2. The fourth-order valence-electron chi connectivity index (χ4n) is 2.78. The first kappa shape index (κ1) is 19.7. The van der Waals surface area contributed by atoms with Gasteiger partial charge in [0.25, 0.3) is 0 Å². The first-order valence-corrected chi connectivity index (χ1v) is 9.21. The minimum Gasteiger partial charge on any atom is -0.385 e. The Hall–Kier alpha value is -1.63. The first-order chi connectivity index (χ1) is 12.3. The van der Waals surface area contributed by atoms with Gasteiger partial charge in [0.2, 0.25) is 0 Å². The smallest absolute Gasteiger partial charge is 0.191 e. The van der Waals surface area contributed by atoms with Crippen molar-refractivity contribution in [2.75, 3.05) is 53.1 Å².